The molecule has 3 N–H and O–H groups in total. The molecule has 0 bridgehead atoms. The zero-order valence-electron chi connectivity index (χ0n) is 12.2. The van der Waals surface area contributed by atoms with E-state index in [9.17, 15) is 4.79 Å². The van der Waals surface area contributed by atoms with Gasteiger partial charge in [-0.1, -0.05) is 18.2 Å². The van der Waals surface area contributed by atoms with Crippen molar-refractivity contribution < 1.29 is 4.79 Å². The van der Waals surface area contributed by atoms with Crippen LogP contribution in [0.2, 0.25) is 0 Å². The van der Waals surface area contributed by atoms with Crippen LogP contribution in [0, 0.1) is 5.92 Å². The van der Waals surface area contributed by atoms with Crippen LogP contribution in [0.15, 0.2) is 30.3 Å². The molecule has 1 aliphatic rings. The predicted molar refractivity (Wildman–Crippen MR) is 92.6 cm³/mol. The summed E-state index contributed by atoms with van der Waals surface area (Å²) in [5, 5.41) is 3.01. The summed E-state index contributed by atoms with van der Waals surface area (Å²) >= 11 is 0. The molecule has 0 saturated carbocycles. The summed E-state index contributed by atoms with van der Waals surface area (Å²) in [6.07, 6.45) is 2.46. The number of halogens is 2. The molecule has 120 valence electrons. The SMILES string of the molecule is Cl.Cl.NCCCC(=O)NCC1CCN(c2ccccc2)C1. The zero-order chi connectivity index (χ0) is 13.5. The minimum Gasteiger partial charge on any atom is -0.371 e. The molecule has 1 fully saturated rings. The van der Waals surface area contributed by atoms with Gasteiger partial charge >= 0.3 is 0 Å². The topological polar surface area (TPSA) is 58.4 Å². The highest BCUT2D eigenvalue weighted by Gasteiger charge is 2.22. The first-order valence-corrected chi connectivity index (χ1v) is 7.06. The van der Waals surface area contributed by atoms with Crippen molar-refractivity contribution in [2.24, 2.45) is 11.7 Å². The number of nitrogens with one attached hydrogen (secondary N) is 1. The van der Waals surface area contributed by atoms with Crippen molar-refractivity contribution in [1.29, 1.82) is 0 Å². The number of nitrogens with zero attached hydrogens (tertiary/aromatic N) is 1. The Kier molecular flexibility index (Phi) is 10.2. The summed E-state index contributed by atoms with van der Waals surface area (Å²) in [5.74, 6) is 0.686. The first-order valence-electron chi connectivity index (χ1n) is 7.06. The minimum absolute atomic E-state index is 0. The fraction of sp³-hybridized carbons (Fsp3) is 0.533. The van der Waals surface area contributed by atoms with E-state index in [1.54, 1.807) is 0 Å². The predicted octanol–water partition coefficient (Wildman–Crippen LogP) is 2.21. The lowest BCUT2D eigenvalue weighted by Crippen LogP contribution is -2.31. The summed E-state index contributed by atoms with van der Waals surface area (Å²) in [6, 6.07) is 10.5. The molecule has 1 aromatic rings. The minimum atomic E-state index is 0. The smallest absolute Gasteiger partial charge is 0.220 e. The highest BCUT2D eigenvalue weighted by Crippen LogP contribution is 2.22. The molecule has 6 heteroatoms. The molecule has 1 aliphatic heterocycles. The highest BCUT2D eigenvalue weighted by atomic mass is 35.5. The molecule has 1 atom stereocenters. The summed E-state index contributed by atoms with van der Waals surface area (Å²) in [6.45, 7) is 3.47. The molecule has 1 amide bonds. The number of hydrogen-bond donors (Lipinski definition) is 2. The van der Waals surface area contributed by atoms with E-state index in [1.165, 1.54) is 5.69 Å². The van der Waals surface area contributed by atoms with Gasteiger partial charge in [-0.15, -0.1) is 24.8 Å². The maximum atomic E-state index is 11.5. The average Bonchev–Trinajstić information content (AvgIpc) is 2.93. The van der Waals surface area contributed by atoms with Crippen LogP contribution in [0.1, 0.15) is 19.3 Å². The number of para-hydroxylation sites is 1. The first kappa shape index (κ1) is 20.0. The number of nitrogens with two attached hydrogens (primary N) is 1. The van der Waals surface area contributed by atoms with Crippen molar-refractivity contribution in [3.63, 3.8) is 0 Å². The van der Waals surface area contributed by atoms with Crippen molar-refractivity contribution in [2.75, 3.05) is 31.1 Å². The van der Waals surface area contributed by atoms with Crippen LogP contribution in [0.25, 0.3) is 0 Å². The van der Waals surface area contributed by atoms with Crippen molar-refractivity contribution in [1.82, 2.24) is 5.32 Å². The van der Waals surface area contributed by atoms with Gasteiger partial charge in [0, 0.05) is 31.7 Å². The van der Waals surface area contributed by atoms with Gasteiger partial charge in [0.25, 0.3) is 0 Å². The Hall–Kier alpha value is -0.970. The Morgan fingerprint density at radius 1 is 1.29 bits per heavy atom. The van der Waals surface area contributed by atoms with Gasteiger partial charge in [0.05, 0.1) is 0 Å². The lowest BCUT2D eigenvalue weighted by atomic mass is 10.1. The lowest BCUT2D eigenvalue weighted by Gasteiger charge is -2.18. The molecule has 0 spiro atoms. The van der Waals surface area contributed by atoms with Crippen LogP contribution in [0.3, 0.4) is 0 Å². The largest absolute Gasteiger partial charge is 0.371 e. The fourth-order valence-electron chi connectivity index (χ4n) is 2.48. The second-order valence-electron chi connectivity index (χ2n) is 5.13. The summed E-state index contributed by atoms with van der Waals surface area (Å²) in [4.78, 5) is 13.9. The molecular formula is C15H25Cl2N3O. The monoisotopic (exact) mass is 333 g/mol. The Bertz CT molecular complexity index is 403. The molecule has 21 heavy (non-hydrogen) atoms. The van der Waals surface area contributed by atoms with Crippen molar-refractivity contribution in [3.05, 3.63) is 30.3 Å². The number of carbonyl (C=O) groups is 1. The van der Waals surface area contributed by atoms with Crippen LogP contribution >= 0.6 is 24.8 Å². The lowest BCUT2D eigenvalue weighted by molar-refractivity contribution is -0.121. The third-order valence-electron chi connectivity index (χ3n) is 3.60. The quantitative estimate of drug-likeness (QED) is 0.839. The summed E-state index contributed by atoms with van der Waals surface area (Å²) in [7, 11) is 0. The van der Waals surface area contributed by atoms with Crippen LogP contribution in [-0.2, 0) is 4.79 Å². The molecule has 0 radical (unpaired) electrons. The van der Waals surface area contributed by atoms with Crippen LogP contribution in [0.4, 0.5) is 5.69 Å². The van der Waals surface area contributed by atoms with Crippen LogP contribution in [0.5, 0.6) is 0 Å². The third kappa shape index (κ3) is 6.55. The Morgan fingerprint density at radius 2 is 2.00 bits per heavy atom. The van der Waals surface area contributed by atoms with Crippen LogP contribution in [-0.4, -0.2) is 32.1 Å². The Labute approximate surface area is 139 Å². The van der Waals surface area contributed by atoms with E-state index in [1.807, 2.05) is 6.07 Å². The summed E-state index contributed by atoms with van der Waals surface area (Å²) < 4.78 is 0. The maximum Gasteiger partial charge on any atom is 0.220 e. The van der Waals surface area contributed by atoms with E-state index >= 15 is 0 Å². The van der Waals surface area contributed by atoms with Gasteiger partial charge in [-0.05, 0) is 37.4 Å². The first-order chi connectivity index (χ1) is 9.29. The van der Waals surface area contributed by atoms with Crippen LogP contribution < -0.4 is 16.0 Å². The molecule has 2 rings (SSSR count). The number of anilines is 1. The maximum absolute atomic E-state index is 11.5. The van der Waals surface area contributed by atoms with Gasteiger partial charge in [0.2, 0.25) is 5.91 Å². The summed E-state index contributed by atoms with van der Waals surface area (Å²) in [5.41, 5.74) is 6.67. The molecule has 1 heterocycles. The number of carbonyl (C=O) groups excluding carboxylic acids is 1. The number of rotatable bonds is 6. The highest BCUT2D eigenvalue weighted by molar-refractivity contribution is 5.85. The molecule has 1 aromatic carbocycles. The molecule has 0 aromatic heterocycles. The van der Waals surface area contributed by atoms with E-state index in [4.69, 9.17) is 5.73 Å². The normalized spacial score (nSPS) is 16.8. The molecular weight excluding hydrogens is 309 g/mol. The molecule has 1 unspecified atom stereocenters. The number of amides is 1. The molecule has 1 saturated heterocycles. The fourth-order valence-corrected chi connectivity index (χ4v) is 2.48. The van der Waals surface area contributed by atoms with Crippen molar-refractivity contribution in [3.8, 4) is 0 Å². The molecule has 0 aliphatic carbocycles. The standard InChI is InChI=1S/C15H23N3O.2ClH/c16-9-4-7-15(19)17-11-13-8-10-18(12-13)14-5-2-1-3-6-14;;/h1-3,5-6,13H,4,7-12,16H2,(H,17,19);2*1H. The van der Waals surface area contributed by atoms with Gasteiger partial charge in [0.1, 0.15) is 0 Å². The van der Waals surface area contributed by atoms with Gasteiger partial charge in [-0.3, -0.25) is 4.79 Å². The van der Waals surface area contributed by atoms with E-state index in [0.29, 0.717) is 18.9 Å². The third-order valence-corrected chi connectivity index (χ3v) is 3.60. The Morgan fingerprint density at radius 3 is 2.67 bits per heavy atom. The van der Waals surface area contributed by atoms with Gasteiger partial charge < -0.3 is 16.0 Å². The zero-order valence-corrected chi connectivity index (χ0v) is 13.8. The van der Waals surface area contributed by atoms with E-state index in [2.05, 4.69) is 34.5 Å². The number of benzene rings is 1. The second kappa shape index (κ2) is 10.7. The van der Waals surface area contributed by atoms with Crippen molar-refractivity contribution in [2.45, 2.75) is 19.3 Å². The van der Waals surface area contributed by atoms with E-state index in [0.717, 1.165) is 32.5 Å². The van der Waals surface area contributed by atoms with E-state index < -0.39 is 0 Å². The second-order valence-corrected chi connectivity index (χ2v) is 5.13. The van der Waals surface area contributed by atoms with E-state index in [-0.39, 0.29) is 30.7 Å². The average molecular weight is 334 g/mol. The van der Waals surface area contributed by atoms with Gasteiger partial charge in [-0.2, -0.15) is 0 Å². The van der Waals surface area contributed by atoms with Gasteiger partial charge in [-0.25, -0.2) is 0 Å². The molecule has 4 nitrogen and oxygen atoms in total. The number of hydrogen-bond acceptors (Lipinski definition) is 3. The van der Waals surface area contributed by atoms with Crippen molar-refractivity contribution >= 4 is 36.4 Å². The van der Waals surface area contributed by atoms with Gasteiger partial charge in [0.15, 0.2) is 0 Å². The Balaban J connectivity index is 0.00000200.